The van der Waals surface area contributed by atoms with Crippen LogP contribution in [-0.2, 0) is 21.7 Å². The Bertz CT molecular complexity index is 874. The number of hydrogen-bond acceptors (Lipinski definition) is 4. The third-order valence-electron chi connectivity index (χ3n) is 3.66. The maximum atomic E-state index is 12.9. The van der Waals surface area contributed by atoms with Gasteiger partial charge in [-0.15, -0.1) is 0 Å². The first-order valence-electron chi connectivity index (χ1n) is 7.74. The first-order valence-corrected chi connectivity index (χ1v) is 9.06. The first kappa shape index (κ1) is 17.2. The number of para-hydroxylation sites is 1. The van der Waals surface area contributed by atoms with Gasteiger partial charge in [-0.05, 0) is 37.6 Å². The number of rotatable bonds is 6. The van der Waals surface area contributed by atoms with Crippen LogP contribution in [0.4, 0.5) is 5.69 Å². The van der Waals surface area contributed by atoms with Crippen LogP contribution >= 0.6 is 0 Å². The average Bonchev–Trinajstić information content (AvgIpc) is 3.06. The van der Waals surface area contributed by atoms with Crippen molar-refractivity contribution in [2.24, 2.45) is 0 Å². The van der Waals surface area contributed by atoms with Gasteiger partial charge in [0.2, 0.25) is 6.41 Å². The molecule has 2 aromatic heterocycles. The molecule has 0 saturated carbocycles. The fourth-order valence-corrected chi connectivity index (χ4v) is 3.85. The molecule has 0 fully saturated rings. The smallest absolute Gasteiger partial charge is 0.329 e. The highest BCUT2D eigenvalue weighted by Gasteiger charge is 2.21. The van der Waals surface area contributed by atoms with E-state index in [0.29, 0.717) is 23.1 Å². The van der Waals surface area contributed by atoms with Crippen molar-refractivity contribution in [3.63, 3.8) is 0 Å². The van der Waals surface area contributed by atoms with Crippen molar-refractivity contribution >= 4 is 23.3 Å². The molecule has 128 valence electrons. The topological polar surface area (TPSA) is 82.9 Å². The van der Waals surface area contributed by atoms with E-state index < -0.39 is 11.2 Å². The van der Waals surface area contributed by atoms with Crippen LogP contribution in [-0.4, -0.2) is 25.5 Å². The molecule has 0 saturated heterocycles. The highest BCUT2D eigenvalue weighted by atomic mass is 32.2. The van der Waals surface area contributed by atoms with Crippen molar-refractivity contribution in [2.45, 2.75) is 24.8 Å². The van der Waals surface area contributed by atoms with Gasteiger partial charge in [-0.1, -0.05) is 18.2 Å². The molecule has 7 heteroatoms. The minimum Gasteiger partial charge on any atom is -0.609 e. The number of carbonyl (C=O) groups excluding carboxylic acids is 1. The molecule has 25 heavy (non-hydrogen) atoms. The van der Waals surface area contributed by atoms with Crippen molar-refractivity contribution < 1.29 is 9.35 Å². The minimum absolute atomic E-state index is 0.249. The number of anilines is 1. The Labute approximate surface area is 149 Å². The molecule has 0 spiro atoms. The molecule has 0 aliphatic heterocycles. The predicted molar refractivity (Wildman–Crippen MR) is 97.1 cm³/mol. The molecule has 2 heterocycles. The van der Waals surface area contributed by atoms with Crippen molar-refractivity contribution in [3.8, 4) is 5.82 Å². The second kappa shape index (κ2) is 7.50. The molecule has 3 aromatic rings. The minimum atomic E-state index is -1.39. The lowest BCUT2D eigenvalue weighted by molar-refractivity contribution is -0.105. The van der Waals surface area contributed by atoms with E-state index >= 15 is 0 Å². The van der Waals surface area contributed by atoms with Gasteiger partial charge in [0.25, 0.3) is 0 Å². The largest absolute Gasteiger partial charge is 0.609 e. The summed E-state index contributed by atoms with van der Waals surface area (Å²) in [7, 11) is 0. The second-order valence-electron chi connectivity index (χ2n) is 5.63. The third-order valence-corrected chi connectivity index (χ3v) is 4.94. The summed E-state index contributed by atoms with van der Waals surface area (Å²) in [6, 6.07) is 11.2. The fraction of sp³-hybridized carbons (Fsp3) is 0.167. The number of pyridine rings is 1. The second-order valence-corrected chi connectivity index (χ2v) is 6.98. The summed E-state index contributed by atoms with van der Waals surface area (Å²) < 4.78 is 14.6. The molecule has 1 unspecified atom stereocenters. The van der Waals surface area contributed by atoms with E-state index in [0.717, 1.165) is 16.8 Å². The molecular formula is C18H18N4O2S. The maximum Gasteiger partial charge on any atom is 0.329 e. The summed E-state index contributed by atoms with van der Waals surface area (Å²) in [6.45, 7) is 3.92. The summed E-state index contributed by atoms with van der Waals surface area (Å²) in [5.41, 5.74) is 3.40. The molecule has 1 atom stereocenters. The highest BCUT2D eigenvalue weighted by molar-refractivity contribution is 7.90. The number of carbonyl (C=O) groups is 1. The van der Waals surface area contributed by atoms with Crippen LogP contribution in [0, 0.1) is 13.8 Å². The molecule has 0 aliphatic rings. The number of nitrogens with zero attached hydrogens (tertiary/aromatic N) is 3. The zero-order chi connectivity index (χ0) is 17.8. The molecule has 0 radical (unpaired) electrons. The molecule has 0 aliphatic carbocycles. The predicted octanol–water partition coefficient (Wildman–Crippen LogP) is 2.76. The number of aryl methyl sites for hydroxylation is 2. The van der Waals surface area contributed by atoms with E-state index in [1.54, 1.807) is 23.0 Å². The van der Waals surface area contributed by atoms with Gasteiger partial charge in [0.1, 0.15) is 11.6 Å². The van der Waals surface area contributed by atoms with Crippen molar-refractivity contribution in [1.29, 1.82) is 0 Å². The van der Waals surface area contributed by atoms with Gasteiger partial charge in [0.05, 0.1) is 6.20 Å². The maximum absolute atomic E-state index is 12.9. The highest BCUT2D eigenvalue weighted by Crippen LogP contribution is 2.23. The normalized spacial score (nSPS) is 12.0. The number of hydrogen-bond donors (Lipinski definition) is 1. The number of aromatic nitrogens is 3. The van der Waals surface area contributed by atoms with E-state index in [1.807, 2.05) is 44.2 Å². The Balaban J connectivity index is 1.91. The molecule has 0 bridgehead atoms. The lowest BCUT2D eigenvalue weighted by Gasteiger charge is -2.14. The van der Waals surface area contributed by atoms with Gasteiger partial charge in [-0.25, -0.2) is 9.55 Å². The number of nitrogens with one attached hydrogen (secondary N) is 1. The molecule has 6 nitrogen and oxygen atoms in total. The van der Waals surface area contributed by atoms with Gasteiger partial charge in [0.15, 0.2) is 0 Å². The van der Waals surface area contributed by atoms with Crippen LogP contribution in [0.25, 0.3) is 5.82 Å². The van der Waals surface area contributed by atoms with Gasteiger partial charge in [-0.3, -0.25) is 4.79 Å². The van der Waals surface area contributed by atoms with Crippen LogP contribution in [0.5, 0.6) is 0 Å². The molecule has 1 aromatic carbocycles. The van der Waals surface area contributed by atoms with E-state index in [4.69, 9.17) is 0 Å². The van der Waals surface area contributed by atoms with Crippen molar-refractivity contribution in [1.82, 2.24) is 14.5 Å². The van der Waals surface area contributed by atoms with Gasteiger partial charge >= 0.3 is 5.16 Å². The zero-order valence-corrected chi connectivity index (χ0v) is 14.8. The SMILES string of the molecule is Cc1cc(C)nc(-n2ccnc2[S+]([O-])Cc2ccccc2NC=O)c1. The Hall–Kier alpha value is -2.64. The quantitative estimate of drug-likeness (QED) is 0.545. The third kappa shape index (κ3) is 3.89. The Morgan fingerprint density at radius 2 is 2.08 bits per heavy atom. The van der Waals surface area contributed by atoms with Crippen LogP contribution in [0.3, 0.4) is 0 Å². The molecular weight excluding hydrogens is 336 g/mol. The fourth-order valence-electron chi connectivity index (χ4n) is 2.63. The van der Waals surface area contributed by atoms with Gasteiger partial charge in [0, 0.05) is 34.3 Å². The monoisotopic (exact) mass is 354 g/mol. The van der Waals surface area contributed by atoms with E-state index in [9.17, 15) is 9.35 Å². The summed E-state index contributed by atoms with van der Waals surface area (Å²) in [4.78, 5) is 19.5. The lowest BCUT2D eigenvalue weighted by Crippen LogP contribution is -2.14. The number of amides is 1. The summed E-state index contributed by atoms with van der Waals surface area (Å²) >= 11 is -1.39. The van der Waals surface area contributed by atoms with E-state index in [1.165, 1.54) is 0 Å². The lowest BCUT2D eigenvalue weighted by atomic mass is 10.2. The molecule has 1 amide bonds. The Morgan fingerprint density at radius 3 is 2.84 bits per heavy atom. The van der Waals surface area contributed by atoms with Crippen molar-refractivity contribution in [3.05, 3.63) is 65.6 Å². The first-order chi connectivity index (χ1) is 12.1. The summed E-state index contributed by atoms with van der Waals surface area (Å²) in [6.07, 6.45) is 3.98. The summed E-state index contributed by atoms with van der Waals surface area (Å²) in [5, 5.41) is 3.06. The zero-order valence-electron chi connectivity index (χ0n) is 14.0. The van der Waals surface area contributed by atoms with Crippen LogP contribution in [0.2, 0.25) is 0 Å². The van der Waals surface area contributed by atoms with E-state index in [-0.39, 0.29) is 5.75 Å². The number of benzene rings is 1. The Morgan fingerprint density at radius 1 is 1.28 bits per heavy atom. The standard InChI is InChI=1S/C18H18N4O2S/c1-13-9-14(2)21-17(10-13)22-8-7-19-18(22)25(24)11-15-5-3-4-6-16(15)20-12-23/h3-10,12H,11H2,1-2H3,(H,20,23). The van der Waals surface area contributed by atoms with Crippen LogP contribution in [0.1, 0.15) is 16.8 Å². The van der Waals surface area contributed by atoms with Crippen molar-refractivity contribution in [2.75, 3.05) is 5.32 Å². The van der Waals surface area contributed by atoms with E-state index in [2.05, 4.69) is 15.3 Å². The molecule has 3 rings (SSSR count). The van der Waals surface area contributed by atoms with Crippen LogP contribution in [0.15, 0.2) is 53.9 Å². The molecule has 1 N–H and O–H groups in total. The Kier molecular flexibility index (Phi) is 5.16. The number of imidazole rings is 1. The van der Waals surface area contributed by atoms with Crippen LogP contribution < -0.4 is 5.32 Å². The summed E-state index contributed by atoms with van der Waals surface area (Å²) in [5.74, 6) is 0.941. The average molecular weight is 354 g/mol. The van der Waals surface area contributed by atoms with Gasteiger partial charge < -0.3 is 9.87 Å². The van der Waals surface area contributed by atoms with Gasteiger partial charge in [-0.2, -0.15) is 4.98 Å².